The SMILES string of the molecule is CC1=C2CC3C(CC=C4CC(O)CCC43C)C2CCC2(C1)OC1CCCN(CCOCCO)C1C2C. The fourth-order valence-electron chi connectivity index (χ4n) is 9.90. The van der Waals surface area contributed by atoms with Gasteiger partial charge in [-0.05, 0) is 101 Å². The van der Waals surface area contributed by atoms with Gasteiger partial charge in [-0.1, -0.05) is 36.6 Å². The van der Waals surface area contributed by atoms with Gasteiger partial charge in [-0.3, -0.25) is 4.90 Å². The molecule has 6 rings (SSSR count). The van der Waals surface area contributed by atoms with Gasteiger partial charge in [-0.15, -0.1) is 0 Å². The van der Waals surface area contributed by atoms with Crippen molar-refractivity contribution in [2.45, 2.75) is 109 Å². The number of rotatable bonds is 5. The maximum atomic E-state index is 10.3. The molecule has 5 nitrogen and oxygen atoms in total. The van der Waals surface area contributed by atoms with Crippen molar-refractivity contribution in [1.29, 1.82) is 0 Å². The summed E-state index contributed by atoms with van der Waals surface area (Å²) in [7, 11) is 0. The summed E-state index contributed by atoms with van der Waals surface area (Å²) in [6.45, 7) is 10.8. The third kappa shape index (κ3) is 4.07. The number of piperidine rings is 1. The highest BCUT2D eigenvalue weighted by atomic mass is 16.5. The van der Waals surface area contributed by atoms with Gasteiger partial charge in [0.1, 0.15) is 0 Å². The summed E-state index contributed by atoms with van der Waals surface area (Å²) in [5, 5.41) is 19.4. The van der Waals surface area contributed by atoms with Crippen LogP contribution < -0.4 is 0 Å². The fourth-order valence-corrected chi connectivity index (χ4v) is 9.90. The van der Waals surface area contributed by atoms with E-state index in [1.54, 1.807) is 16.7 Å². The van der Waals surface area contributed by atoms with E-state index >= 15 is 0 Å². The molecular weight excluding hydrogens is 450 g/mol. The minimum absolute atomic E-state index is 0.0185. The van der Waals surface area contributed by atoms with Crippen molar-refractivity contribution in [2.24, 2.45) is 29.1 Å². The van der Waals surface area contributed by atoms with Gasteiger partial charge in [0.05, 0.1) is 37.6 Å². The molecule has 2 saturated heterocycles. The monoisotopic (exact) mass is 499 g/mol. The third-order valence-electron chi connectivity index (χ3n) is 11.8. The standard InChI is InChI=1S/C31H49NO4/c1-20-19-31(21(2)29-28(36-31)5-4-12-32(29)13-15-35-16-14-33)11-9-24-25-7-6-22-17-23(34)8-10-30(22,3)27(25)18-26(20)24/h6,21,23-25,27-29,33-34H,4-5,7-19H2,1-3H3. The molecule has 0 aromatic heterocycles. The van der Waals surface area contributed by atoms with Crippen LogP contribution in [0, 0.1) is 29.1 Å². The Morgan fingerprint density at radius 2 is 2.03 bits per heavy atom. The number of hydrogen-bond acceptors (Lipinski definition) is 5. The summed E-state index contributed by atoms with van der Waals surface area (Å²) in [5.74, 6) is 2.78. The second-order valence-corrected chi connectivity index (χ2v) is 13.4. The normalized spacial score (nSPS) is 46.7. The zero-order valence-electron chi connectivity index (χ0n) is 22.9. The lowest BCUT2D eigenvalue weighted by atomic mass is 9.56. The number of likely N-dealkylation sites (tertiary alicyclic amines) is 1. The molecular formula is C31H49NO4. The van der Waals surface area contributed by atoms with Crippen LogP contribution in [0.3, 0.4) is 0 Å². The van der Waals surface area contributed by atoms with E-state index < -0.39 is 0 Å². The molecule has 2 N–H and O–H groups in total. The Balaban J connectivity index is 1.21. The molecule has 5 heteroatoms. The van der Waals surface area contributed by atoms with E-state index in [0.717, 1.165) is 56.5 Å². The molecule has 0 bridgehead atoms. The molecule has 202 valence electrons. The van der Waals surface area contributed by atoms with Crippen LogP contribution >= 0.6 is 0 Å². The van der Waals surface area contributed by atoms with Crippen LogP contribution in [-0.4, -0.2) is 71.9 Å². The van der Waals surface area contributed by atoms with E-state index in [-0.39, 0.29) is 18.3 Å². The largest absolute Gasteiger partial charge is 0.394 e. The molecule has 36 heavy (non-hydrogen) atoms. The maximum absolute atomic E-state index is 10.3. The predicted octanol–water partition coefficient (Wildman–Crippen LogP) is 4.87. The number of fused-ring (bicyclic) bond motifs is 6. The van der Waals surface area contributed by atoms with Crippen LogP contribution in [0.1, 0.15) is 85.0 Å². The average Bonchev–Trinajstić information content (AvgIpc) is 3.33. The van der Waals surface area contributed by atoms with Crippen molar-refractivity contribution in [2.75, 3.05) is 32.9 Å². The molecule has 0 amide bonds. The zero-order valence-corrected chi connectivity index (χ0v) is 22.9. The number of nitrogens with zero attached hydrogens (tertiary/aromatic N) is 1. The molecule has 2 saturated carbocycles. The maximum Gasteiger partial charge on any atom is 0.0765 e. The van der Waals surface area contributed by atoms with Gasteiger partial charge in [0.15, 0.2) is 0 Å². The van der Waals surface area contributed by atoms with Crippen LogP contribution in [0.4, 0.5) is 0 Å². The van der Waals surface area contributed by atoms with Gasteiger partial charge >= 0.3 is 0 Å². The molecule has 0 aromatic carbocycles. The van der Waals surface area contributed by atoms with Crippen molar-refractivity contribution in [3.63, 3.8) is 0 Å². The van der Waals surface area contributed by atoms with Crippen LogP contribution in [0.25, 0.3) is 0 Å². The van der Waals surface area contributed by atoms with Crippen LogP contribution in [0.5, 0.6) is 0 Å². The van der Waals surface area contributed by atoms with Crippen LogP contribution in [0.15, 0.2) is 22.8 Å². The van der Waals surface area contributed by atoms with Crippen LogP contribution in [-0.2, 0) is 9.47 Å². The Morgan fingerprint density at radius 3 is 2.86 bits per heavy atom. The number of hydrogen-bond donors (Lipinski definition) is 2. The topological polar surface area (TPSA) is 62.2 Å². The third-order valence-corrected chi connectivity index (χ3v) is 11.8. The van der Waals surface area contributed by atoms with E-state index in [1.165, 1.54) is 38.5 Å². The first kappa shape index (κ1) is 25.6. The number of aliphatic hydroxyl groups is 2. The van der Waals surface area contributed by atoms with Gasteiger partial charge in [-0.25, -0.2) is 0 Å². The number of aliphatic hydroxyl groups excluding tert-OH is 2. The van der Waals surface area contributed by atoms with E-state index in [2.05, 4.69) is 31.7 Å². The average molecular weight is 500 g/mol. The van der Waals surface area contributed by atoms with Crippen molar-refractivity contribution >= 4 is 0 Å². The highest BCUT2D eigenvalue weighted by molar-refractivity contribution is 5.34. The minimum atomic E-state index is -0.126. The molecule has 2 heterocycles. The first-order chi connectivity index (χ1) is 17.4. The lowest BCUT2D eigenvalue weighted by Crippen LogP contribution is -2.50. The molecule has 0 radical (unpaired) electrons. The van der Waals surface area contributed by atoms with Crippen LogP contribution in [0.2, 0.25) is 0 Å². The number of allylic oxidation sites excluding steroid dienone is 2. The quantitative estimate of drug-likeness (QED) is 0.418. The lowest BCUT2D eigenvalue weighted by molar-refractivity contribution is -0.0739. The highest BCUT2D eigenvalue weighted by Gasteiger charge is 2.58. The van der Waals surface area contributed by atoms with Gasteiger partial charge in [0, 0.05) is 18.5 Å². The summed E-state index contributed by atoms with van der Waals surface area (Å²) >= 11 is 0. The first-order valence-electron chi connectivity index (χ1n) is 15.0. The summed E-state index contributed by atoms with van der Waals surface area (Å²) in [4.78, 5) is 2.64. The van der Waals surface area contributed by atoms with Crippen molar-refractivity contribution in [3.8, 4) is 0 Å². The molecule has 1 spiro atoms. The van der Waals surface area contributed by atoms with E-state index in [0.29, 0.717) is 36.7 Å². The van der Waals surface area contributed by atoms with Gasteiger partial charge < -0.3 is 19.7 Å². The fraction of sp³-hybridized carbons (Fsp3) is 0.871. The smallest absolute Gasteiger partial charge is 0.0765 e. The Hall–Kier alpha value is -0.720. The summed E-state index contributed by atoms with van der Waals surface area (Å²) in [5.41, 5.74) is 5.26. The van der Waals surface area contributed by atoms with E-state index in [4.69, 9.17) is 14.6 Å². The Bertz CT molecular complexity index is 899. The molecule has 0 aromatic rings. The van der Waals surface area contributed by atoms with Crippen molar-refractivity contribution in [1.82, 2.24) is 4.90 Å². The molecule has 2 aliphatic heterocycles. The molecule has 9 atom stereocenters. The highest BCUT2D eigenvalue weighted by Crippen LogP contribution is 2.63. The van der Waals surface area contributed by atoms with Gasteiger partial charge in [0.25, 0.3) is 0 Å². The summed E-state index contributed by atoms with van der Waals surface area (Å²) in [6, 6.07) is 0.493. The van der Waals surface area contributed by atoms with Crippen molar-refractivity contribution in [3.05, 3.63) is 22.8 Å². The second kappa shape index (κ2) is 9.79. The number of ether oxygens (including phenoxy) is 2. The lowest BCUT2D eigenvalue weighted by Gasteiger charge is -2.49. The van der Waals surface area contributed by atoms with Gasteiger partial charge in [-0.2, -0.15) is 0 Å². The van der Waals surface area contributed by atoms with Gasteiger partial charge in [0.2, 0.25) is 0 Å². The first-order valence-corrected chi connectivity index (χ1v) is 15.0. The van der Waals surface area contributed by atoms with E-state index in [9.17, 15) is 5.11 Å². The zero-order chi connectivity index (χ0) is 25.1. The second-order valence-electron chi connectivity index (χ2n) is 13.4. The molecule has 6 aliphatic rings. The Kier molecular flexibility index (Phi) is 6.95. The Labute approximate surface area is 218 Å². The summed E-state index contributed by atoms with van der Waals surface area (Å²) in [6.07, 6.45) is 14.3. The Morgan fingerprint density at radius 1 is 1.17 bits per heavy atom. The van der Waals surface area contributed by atoms with E-state index in [1.807, 2.05) is 0 Å². The van der Waals surface area contributed by atoms with Crippen molar-refractivity contribution < 1.29 is 19.7 Å². The summed E-state index contributed by atoms with van der Waals surface area (Å²) < 4.78 is 12.8. The molecule has 4 fully saturated rings. The predicted molar refractivity (Wildman–Crippen MR) is 142 cm³/mol. The molecule has 4 aliphatic carbocycles. The minimum Gasteiger partial charge on any atom is -0.394 e. The molecule has 9 unspecified atom stereocenters.